The zero-order valence-corrected chi connectivity index (χ0v) is 11.3. The van der Waals surface area contributed by atoms with Gasteiger partial charge in [-0.1, -0.05) is 0 Å². The minimum Gasteiger partial charge on any atom is -0.462 e. The molecule has 0 fully saturated rings. The van der Waals surface area contributed by atoms with Crippen LogP contribution >= 0.6 is 0 Å². The van der Waals surface area contributed by atoms with E-state index in [-0.39, 0.29) is 6.61 Å². The smallest absolute Gasteiger partial charge is 0.341 e. The van der Waals surface area contributed by atoms with Crippen LogP contribution in [-0.2, 0) is 18.3 Å². The van der Waals surface area contributed by atoms with Gasteiger partial charge in [0.2, 0.25) is 0 Å². The van der Waals surface area contributed by atoms with E-state index in [0.29, 0.717) is 23.6 Å². The Bertz CT molecular complexity index is 610. The fourth-order valence-electron chi connectivity index (χ4n) is 1.62. The summed E-state index contributed by atoms with van der Waals surface area (Å²) in [4.78, 5) is 16.0. The molecule has 0 saturated carbocycles. The van der Waals surface area contributed by atoms with E-state index in [4.69, 9.17) is 10.5 Å². The number of nitrogen functional groups attached to an aromatic ring is 1. The quantitative estimate of drug-likeness (QED) is 0.769. The number of ether oxygens (including phenoxy) is 1. The van der Waals surface area contributed by atoms with Crippen molar-refractivity contribution in [1.82, 2.24) is 19.7 Å². The molecule has 2 heterocycles. The summed E-state index contributed by atoms with van der Waals surface area (Å²) in [5, 5.41) is 10.7. The molecule has 106 valence electrons. The van der Waals surface area contributed by atoms with Crippen LogP contribution in [0.15, 0.2) is 18.6 Å². The molecule has 0 aliphatic heterocycles. The van der Waals surface area contributed by atoms with Crippen LogP contribution in [0.2, 0.25) is 0 Å². The van der Waals surface area contributed by atoms with Gasteiger partial charge in [0.05, 0.1) is 25.0 Å². The topological polar surface area (TPSA) is 108 Å². The molecule has 8 nitrogen and oxygen atoms in total. The highest BCUT2D eigenvalue weighted by Gasteiger charge is 2.15. The molecule has 0 bridgehead atoms. The first kappa shape index (κ1) is 13.8. The molecule has 0 aromatic carbocycles. The van der Waals surface area contributed by atoms with Crippen LogP contribution in [0.25, 0.3) is 0 Å². The number of anilines is 2. The molecule has 0 saturated heterocycles. The third-order valence-electron chi connectivity index (χ3n) is 2.62. The first-order valence-electron chi connectivity index (χ1n) is 6.11. The van der Waals surface area contributed by atoms with Gasteiger partial charge in [-0.3, -0.25) is 0 Å². The predicted octanol–water partition coefficient (Wildman–Crippen LogP) is 0.581. The van der Waals surface area contributed by atoms with E-state index in [2.05, 4.69) is 20.5 Å². The normalized spacial score (nSPS) is 10.3. The van der Waals surface area contributed by atoms with Gasteiger partial charge in [0.25, 0.3) is 0 Å². The van der Waals surface area contributed by atoms with Crippen molar-refractivity contribution in [1.29, 1.82) is 0 Å². The van der Waals surface area contributed by atoms with E-state index >= 15 is 0 Å². The van der Waals surface area contributed by atoms with Gasteiger partial charge in [0, 0.05) is 7.05 Å². The van der Waals surface area contributed by atoms with Gasteiger partial charge in [-0.25, -0.2) is 9.78 Å². The van der Waals surface area contributed by atoms with Crippen molar-refractivity contribution in [2.75, 3.05) is 17.7 Å². The SMILES string of the molecule is CCOC(=O)c1cc(N)cnc1NCc1nncn1C. The largest absolute Gasteiger partial charge is 0.462 e. The summed E-state index contributed by atoms with van der Waals surface area (Å²) in [7, 11) is 1.83. The summed E-state index contributed by atoms with van der Waals surface area (Å²) in [6.45, 7) is 2.42. The molecule has 8 heteroatoms. The Kier molecular flexibility index (Phi) is 4.14. The number of nitrogens with two attached hydrogens (primary N) is 1. The van der Waals surface area contributed by atoms with E-state index in [1.165, 1.54) is 12.3 Å². The van der Waals surface area contributed by atoms with Gasteiger partial charge in [-0.15, -0.1) is 10.2 Å². The third kappa shape index (κ3) is 3.02. The Hall–Kier alpha value is -2.64. The van der Waals surface area contributed by atoms with E-state index in [1.807, 2.05) is 7.05 Å². The molecule has 2 aromatic heterocycles. The summed E-state index contributed by atoms with van der Waals surface area (Å²) < 4.78 is 6.75. The fraction of sp³-hybridized carbons (Fsp3) is 0.333. The van der Waals surface area contributed by atoms with Crippen LogP contribution in [0, 0.1) is 0 Å². The molecule has 2 aromatic rings. The number of hydrogen-bond acceptors (Lipinski definition) is 7. The first-order valence-corrected chi connectivity index (χ1v) is 6.11. The lowest BCUT2D eigenvalue weighted by Gasteiger charge is -2.10. The average Bonchev–Trinajstić information content (AvgIpc) is 2.83. The number of carbonyl (C=O) groups excluding carboxylic acids is 1. The summed E-state index contributed by atoms with van der Waals surface area (Å²) in [6.07, 6.45) is 3.07. The van der Waals surface area contributed by atoms with Crippen LogP contribution in [0.3, 0.4) is 0 Å². The molecular weight excluding hydrogens is 260 g/mol. The van der Waals surface area contributed by atoms with Crippen molar-refractivity contribution in [3.63, 3.8) is 0 Å². The second-order valence-corrected chi connectivity index (χ2v) is 4.10. The minimum absolute atomic E-state index is 0.288. The summed E-state index contributed by atoms with van der Waals surface area (Å²) in [5.41, 5.74) is 6.35. The maximum atomic E-state index is 11.9. The highest BCUT2D eigenvalue weighted by Crippen LogP contribution is 2.17. The number of nitrogens with zero attached hydrogens (tertiary/aromatic N) is 4. The van der Waals surface area contributed by atoms with E-state index < -0.39 is 5.97 Å². The Labute approximate surface area is 116 Å². The Morgan fingerprint density at radius 3 is 3.00 bits per heavy atom. The van der Waals surface area contributed by atoms with E-state index in [1.54, 1.807) is 17.8 Å². The highest BCUT2D eigenvalue weighted by atomic mass is 16.5. The molecule has 3 N–H and O–H groups in total. The minimum atomic E-state index is -0.465. The summed E-state index contributed by atoms with van der Waals surface area (Å²) in [5.74, 6) is 0.659. The predicted molar refractivity (Wildman–Crippen MR) is 72.9 cm³/mol. The monoisotopic (exact) mass is 276 g/mol. The number of nitrogens with one attached hydrogen (secondary N) is 1. The Morgan fingerprint density at radius 2 is 2.35 bits per heavy atom. The molecule has 2 rings (SSSR count). The Morgan fingerprint density at radius 1 is 1.55 bits per heavy atom. The highest BCUT2D eigenvalue weighted by molar-refractivity contribution is 5.95. The number of rotatable bonds is 5. The average molecular weight is 276 g/mol. The van der Waals surface area contributed by atoms with Crippen LogP contribution in [0.5, 0.6) is 0 Å². The second-order valence-electron chi connectivity index (χ2n) is 4.10. The number of esters is 1. The van der Waals surface area contributed by atoms with Crippen LogP contribution in [-0.4, -0.2) is 32.3 Å². The molecule has 0 amide bonds. The van der Waals surface area contributed by atoms with Gasteiger partial charge in [0.1, 0.15) is 17.7 Å². The standard InChI is InChI=1S/C12H16N6O2/c1-3-20-12(19)9-4-8(13)5-14-11(9)15-6-10-17-16-7-18(10)2/h4-5,7H,3,6,13H2,1-2H3,(H,14,15). The van der Waals surface area contributed by atoms with Gasteiger partial charge < -0.3 is 20.4 Å². The van der Waals surface area contributed by atoms with Gasteiger partial charge in [-0.05, 0) is 13.0 Å². The number of aryl methyl sites for hydroxylation is 1. The molecule has 20 heavy (non-hydrogen) atoms. The number of aromatic nitrogens is 4. The van der Waals surface area contributed by atoms with Crippen LogP contribution in [0.1, 0.15) is 23.1 Å². The van der Waals surface area contributed by atoms with Crippen LogP contribution < -0.4 is 11.1 Å². The maximum Gasteiger partial charge on any atom is 0.341 e. The van der Waals surface area contributed by atoms with Gasteiger partial charge >= 0.3 is 5.97 Å². The van der Waals surface area contributed by atoms with Crippen molar-refractivity contribution in [3.05, 3.63) is 30.0 Å². The number of hydrogen-bond donors (Lipinski definition) is 2. The lowest BCUT2D eigenvalue weighted by Crippen LogP contribution is -2.13. The van der Waals surface area contributed by atoms with E-state index in [0.717, 1.165) is 5.82 Å². The van der Waals surface area contributed by atoms with Crippen LogP contribution in [0.4, 0.5) is 11.5 Å². The van der Waals surface area contributed by atoms with Crippen molar-refractivity contribution in [2.45, 2.75) is 13.5 Å². The van der Waals surface area contributed by atoms with Crippen molar-refractivity contribution in [2.24, 2.45) is 7.05 Å². The van der Waals surface area contributed by atoms with E-state index in [9.17, 15) is 4.79 Å². The van der Waals surface area contributed by atoms with Crippen molar-refractivity contribution >= 4 is 17.5 Å². The number of pyridine rings is 1. The number of carbonyl (C=O) groups is 1. The zero-order valence-electron chi connectivity index (χ0n) is 11.3. The Balaban J connectivity index is 2.18. The summed E-state index contributed by atoms with van der Waals surface area (Å²) in [6, 6.07) is 1.53. The molecule has 0 radical (unpaired) electrons. The molecule has 0 atom stereocenters. The second kappa shape index (κ2) is 6.00. The third-order valence-corrected chi connectivity index (χ3v) is 2.62. The van der Waals surface area contributed by atoms with Gasteiger partial charge in [0.15, 0.2) is 5.82 Å². The molecule has 0 spiro atoms. The lowest BCUT2D eigenvalue weighted by atomic mass is 10.2. The molecular formula is C12H16N6O2. The summed E-state index contributed by atoms with van der Waals surface area (Å²) >= 11 is 0. The van der Waals surface area contributed by atoms with Crippen molar-refractivity contribution in [3.8, 4) is 0 Å². The first-order chi connectivity index (χ1) is 9.61. The zero-order chi connectivity index (χ0) is 14.5. The van der Waals surface area contributed by atoms with Crippen molar-refractivity contribution < 1.29 is 9.53 Å². The molecule has 0 aliphatic rings. The fourth-order valence-corrected chi connectivity index (χ4v) is 1.62. The maximum absolute atomic E-state index is 11.9. The molecule has 0 aliphatic carbocycles. The van der Waals surface area contributed by atoms with Gasteiger partial charge in [-0.2, -0.15) is 0 Å². The molecule has 0 unspecified atom stereocenters. The lowest BCUT2D eigenvalue weighted by molar-refractivity contribution is 0.0527.